The van der Waals surface area contributed by atoms with Crippen LogP contribution < -0.4 is 5.32 Å². The molecular formula is C12H12ClN. The van der Waals surface area contributed by atoms with Crippen molar-refractivity contribution in [1.29, 1.82) is 0 Å². The molecule has 0 bridgehead atoms. The maximum absolute atomic E-state index is 5.57. The van der Waals surface area contributed by atoms with E-state index >= 15 is 0 Å². The molecule has 0 saturated heterocycles. The highest BCUT2D eigenvalue weighted by atomic mass is 35.5. The first kappa shape index (κ1) is 10.8. The summed E-state index contributed by atoms with van der Waals surface area (Å²) in [6.07, 6.45) is 0. The van der Waals surface area contributed by atoms with E-state index in [1.54, 1.807) is 0 Å². The minimum absolute atomic E-state index is 0.602. The van der Waals surface area contributed by atoms with Gasteiger partial charge in [0, 0.05) is 17.1 Å². The van der Waals surface area contributed by atoms with Gasteiger partial charge in [-0.25, -0.2) is 0 Å². The number of nitrogens with one attached hydrogen (secondary N) is 1. The molecular weight excluding hydrogens is 194 g/mol. The average molecular weight is 206 g/mol. The van der Waals surface area contributed by atoms with Crippen LogP contribution in [0.4, 0.5) is 0 Å². The minimum atomic E-state index is 0.602. The zero-order valence-corrected chi connectivity index (χ0v) is 8.64. The molecule has 0 saturated carbocycles. The van der Waals surface area contributed by atoms with E-state index < -0.39 is 0 Å². The smallest absolute Gasteiger partial charge is 0.0583 e. The highest BCUT2D eigenvalue weighted by Crippen LogP contribution is 1.94. The van der Waals surface area contributed by atoms with E-state index in [2.05, 4.69) is 23.7 Å². The minimum Gasteiger partial charge on any atom is -0.301 e. The van der Waals surface area contributed by atoms with E-state index in [0.717, 1.165) is 5.56 Å². The van der Waals surface area contributed by atoms with Crippen molar-refractivity contribution in [3.8, 4) is 11.8 Å². The Morgan fingerprint density at radius 3 is 2.71 bits per heavy atom. The normalized spacial score (nSPS) is 8.93. The van der Waals surface area contributed by atoms with Crippen LogP contribution in [0.3, 0.4) is 0 Å². The first-order valence-corrected chi connectivity index (χ1v) is 4.75. The summed E-state index contributed by atoms with van der Waals surface area (Å²) in [6.45, 7) is 4.79. The summed E-state index contributed by atoms with van der Waals surface area (Å²) in [5.41, 5.74) is 1.03. The van der Waals surface area contributed by atoms with Crippen LogP contribution in [0.15, 0.2) is 41.9 Å². The number of rotatable bonds is 3. The van der Waals surface area contributed by atoms with Gasteiger partial charge in [0.15, 0.2) is 0 Å². The molecule has 0 atom stereocenters. The van der Waals surface area contributed by atoms with E-state index in [1.165, 1.54) is 0 Å². The molecule has 72 valence electrons. The molecule has 1 aromatic carbocycles. The van der Waals surface area contributed by atoms with Gasteiger partial charge in [0.2, 0.25) is 0 Å². The predicted octanol–water partition coefficient (Wildman–Crippen LogP) is 2.38. The van der Waals surface area contributed by atoms with Crippen LogP contribution in [0.2, 0.25) is 0 Å². The van der Waals surface area contributed by atoms with E-state index in [1.807, 2.05) is 30.3 Å². The van der Waals surface area contributed by atoms with Crippen molar-refractivity contribution in [1.82, 2.24) is 5.32 Å². The highest BCUT2D eigenvalue weighted by Gasteiger charge is 1.84. The van der Waals surface area contributed by atoms with Crippen LogP contribution in [-0.4, -0.2) is 13.1 Å². The molecule has 0 spiro atoms. The molecule has 1 nitrogen and oxygen atoms in total. The number of hydrogen-bond acceptors (Lipinski definition) is 1. The van der Waals surface area contributed by atoms with Gasteiger partial charge in [-0.15, -0.1) is 0 Å². The van der Waals surface area contributed by atoms with Crippen LogP contribution >= 0.6 is 11.6 Å². The first-order valence-electron chi connectivity index (χ1n) is 4.37. The Morgan fingerprint density at radius 1 is 1.36 bits per heavy atom. The molecule has 1 N–H and O–H groups in total. The van der Waals surface area contributed by atoms with Crippen molar-refractivity contribution < 1.29 is 0 Å². The monoisotopic (exact) mass is 205 g/mol. The second kappa shape index (κ2) is 6.26. The van der Waals surface area contributed by atoms with Gasteiger partial charge in [-0.05, 0) is 12.1 Å². The summed E-state index contributed by atoms with van der Waals surface area (Å²) in [5, 5.41) is 3.65. The Labute approximate surface area is 89.8 Å². The summed E-state index contributed by atoms with van der Waals surface area (Å²) >= 11 is 5.57. The first-order chi connectivity index (χ1) is 6.79. The highest BCUT2D eigenvalue weighted by molar-refractivity contribution is 6.29. The van der Waals surface area contributed by atoms with Gasteiger partial charge in [0.05, 0.1) is 6.54 Å². The van der Waals surface area contributed by atoms with Gasteiger partial charge < -0.3 is 5.32 Å². The molecule has 1 aromatic rings. The van der Waals surface area contributed by atoms with Crippen molar-refractivity contribution in [2.45, 2.75) is 0 Å². The third-order valence-corrected chi connectivity index (χ3v) is 1.67. The maximum atomic E-state index is 5.57. The van der Waals surface area contributed by atoms with E-state index in [0.29, 0.717) is 18.1 Å². The van der Waals surface area contributed by atoms with Crippen LogP contribution in [0.5, 0.6) is 0 Å². The number of benzene rings is 1. The molecule has 0 aliphatic rings. The molecule has 0 heterocycles. The fourth-order valence-electron chi connectivity index (χ4n) is 0.928. The molecule has 0 unspecified atom stereocenters. The molecule has 2 heteroatoms. The quantitative estimate of drug-likeness (QED) is 0.590. The lowest BCUT2D eigenvalue weighted by molar-refractivity contribution is 0.850. The SMILES string of the molecule is C=C(Cl)CNCC#Cc1ccccc1. The lowest BCUT2D eigenvalue weighted by atomic mass is 10.2. The van der Waals surface area contributed by atoms with Crippen molar-refractivity contribution in [2.75, 3.05) is 13.1 Å². The van der Waals surface area contributed by atoms with Crippen molar-refractivity contribution >= 4 is 11.6 Å². The van der Waals surface area contributed by atoms with Crippen LogP contribution in [0.1, 0.15) is 5.56 Å². The average Bonchev–Trinajstić information content (AvgIpc) is 2.18. The zero-order chi connectivity index (χ0) is 10.2. The fourth-order valence-corrected chi connectivity index (χ4v) is 1.02. The van der Waals surface area contributed by atoms with Crippen LogP contribution in [0, 0.1) is 11.8 Å². The lowest BCUT2D eigenvalue weighted by Gasteiger charge is -1.95. The number of hydrogen-bond donors (Lipinski definition) is 1. The Bertz CT molecular complexity index is 346. The Kier molecular flexibility index (Phi) is 4.85. The van der Waals surface area contributed by atoms with E-state index in [9.17, 15) is 0 Å². The topological polar surface area (TPSA) is 12.0 Å². The van der Waals surface area contributed by atoms with Crippen LogP contribution in [-0.2, 0) is 0 Å². The molecule has 0 aliphatic heterocycles. The molecule has 1 rings (SSSR count). The van der Waals surface area contributed by atoms with Gasteiger partial charge >= 0.3 is 0 Å². The van der Waals surface area contributed by atoms with Gasteiger partial charge in [-0.3, -0.25) is 0 Å². The fraction of sp³-hybridized carbons (Fsp3) is 0.167. The summed E-state index contributed by atoms with van der Waals surface area (Å²) in [4.78, 5) is 0. The third-order valence-electron chi connectivity index (χ3n) is 1.54. The summed E-state index contributed by atoms with van der Waals surface area (Å²) in [6, 6.07) is 9.87. The van der Waals surface area contributed by atoms with Gasteiger partial charge in [0.1, 0.15) is 0 Å². The zero-order valence-electron chi connectivity index (χ0n) is 7.89. The summed E-state index contributed by atoms with van der Waals surface area (Å²) in [5.74, 6) is 6.03. The van der Waals surface area contributed by atoms with Crippen LogP contribution in [0.25, 0.3) is 0 Å². The second-order valence-corrected chi connectivity index (χ2v) is 3.32. The molecule has 0 fully saturated rings. The van der Waals surface area contributed by atoms with Crippen molar-refractivity contribution in [2.24, 2.45) is 0 Å². The Balaban J connectivity index is 2.31. The van der Waals surface area contributed by atoms with E-state index in [4.69, 9.17) is 11.6 Å². The van der Waals surface area contributed by atoms with Crippen molar-refractivity contribution in [3.05, 3.63) is 47.5 Å². The Hall–Kier alpha value is -1.23. The van der Waals surface area contributed by atoms with E-state index in [-0.39, 0.29) is 0 Å². The second-order valence-electron chi connectivity index (χ2n) is 2.79. The molecule has 0 radical (unpaired) electrons. The molecule has 14 heavy (non-hydrogen) atoms. The Morgan fingerprint density at radius 2 is 2.07 bits per heavy atom. The largest absolute Gasteiger partial charge is 0.301 e. The predicted molar refractivity (Wildman–Crippen MR) is 61.2 cm³/mol. The number of halogens is 1. The molecule has 0 aromatic heterocycles. The summed E-state index contributed by atoms with van der Waals surface area (Å²) in [7, 11) is 0. The maximum Gasteiger partial charge on any atom is 0.0583 e. The van der Waals surface area contributed by atoms with Gasteiger partial charge in [0.25, 0.3) is 0 Å². The summed E-state index contributed by atoms with van der Waals surface area (Å²) < 4.78 is 0. The van der Waals surface area contributed by atoms with Gasteiger partial charge in [-0.1, -0.05) is 48.2 Å². The molecule has 0 aliphatic carbocycles. The molecule has 0 amide bonds. The van der Waals surface area contributed by atoms with Gasteiger partial charge in [-0.2, -0.15) is 0 Å². The lowest BCUT2D eigenvalue weighted by Crippen LogP contribution is -2.14. The van der Waals surface area contributed by atoms with Crippen molar-refractivity contribution in [3.63, 3.8) is 0 Å². The third kappa shape index (κ3) is 4.71. The standard InChI is InChI=1S/C12H12ClN/c1-11(13)10-14-9-5-8-12-6-3-2-4-7-12/h2-4,6-7,14H,1,9-10H2.